The number of pyridine rings is 1. The Morgan fingerprint density at radius 1 is 0.655 bits per heavy atom. The molecule has 0 unspecified atom stereocenters. The summed E-state index contributed by atoms with van der Waals surface area (Å²) in [5, 5.41) is 4.16. The van der Waals surface area contributed by atoms with Crippen molar-refractivity contribution in [2.24, 2.45) is 0 Å². The van der Waals surface area contributed by atoms with Gasteiger partial charge in [-0.05, 0) is 68.3 Å². The van der Waals surface area contributed by atoms with Crippen LogP contribution in [0.2, 0.25) is 0 Å². The van der Waals surface area contributed by atoms with Crippen molar-refractivity contribution in [3.63, 3.8) is 0 Å². The van der Waals surface area contributed by atoms with Crippen LogP contribution in [-0.4, -0.2) is 15.0 Å². The Morgan fingerprint density at radius 2 is 1.48 bits per heavy atom. The highest BCUT2D eigenvalue weighted by atomic mass is 79.9. The molecule has 0 aliphatic heterocycles. The zero-order valence-electron chi connectivity index (χ0n) is 14.9. The molecule has 0 atom stereocenters. The first-order valence-electron chi connectivity index (χ1n) is 9.01. The molecule has 0 radical (unpaired) electrons. The van der Waals surface area contributed by atoms with Gasteiger partial charge in [-0.15, -0.1) is 0 Å². The summed E-state index contributed by atoms with van der Waals surface area (Å²) in [6.45, 7) is 0. The summed E-state index contributed by atoms with van der Waals surface area (Å²) in [5.74, 6) is 0. The third-order valence-corrected chi connectivity index (χ3v) is 6.08. The highest BCUT2D eigenvalue weighted by molar-refractivity contribution is 9.11. The molecule has 6 rings (SSSR count). The van der Waals surface area contributed by atoms with E-state index < -0.39 is 0 Å². The monoisotopic (exact) mass is 503 g/mol. The quantitative estimate of drug-likeness (QED) is 0.134. The minimum Gasteiger partial charge on any atom is -0.456 e. The molecule has 3 heterocycles. The van der Waals surface area contributed by atoms with Crippen LogP contribution in [0.5, 0.6) is 0 Å². The first-order chi connectivity index (χ1) is 14.2. The Morgan fingerprint density at radius 3 is 2.41 bits per heavy atom. The van der Waals surface area contributed by atoms with E-state index >= 15 is 0 Å². The maximum atomic E-state index is 5.95. The largest absolute Gasteiger partial charge is 0.456 e. The lowest BCUT2D eigenvalue weighted by Crippen LogP contribution is -1.92. The topological polar surface area (TPSA) is 51.8 Å². The maximum absolute atomic E-state index is 5.95. The summed E-state index contributed by atoms with van der Waals surface area (Å²) >= 11 is 6.91. The minimum atomic E-state index is 0.530. The molecule has 0 N–H and O–H groups in total. The fourth-order valence-electron chi connectivity index (χ4n) is 3.76. The van der Waals surface area contributed by atoms with Crippen molar-refractivity contribution in [3.8, 4) is 11.3 Å². The van der Waals surface area contributed by atoms with Crippen molar-refractivity contribution in [1.29, 1.82) is 0 Å². The molecule has 4 nitrogen and oxygen atoms in total. The first-order valence-corrected chi connectivity index (χ1v) is 10.6. The molecular formula is C23H11Br2N3O. The molecule has 6 aromatic rings. The molecule has 0 amide bonds. The van der Waals surface area contributed by atoms with Gasteiger partial charge in [0.2, 0.25) is 0 Å². The number of rotatable bonds is 1. The third-order valence-electron chi connectivity index (χ3n) is 5.12. The first kappa shape index (κ1) is 17.1. The number of fused-ring (bicyclic) bond motifs is 6. The van der Waals surface area contributed by atoms with Crippen molar-refractivity contribution in [2.45, 2.75) is 0 Å². The Bertz CT molecular complexity index is 1590. The van der Waals surface area contributed by atoms with E-state index in [9.17, 15) is 0 Å². The summed E-state index contributed by atoms with van der Waals surface area (Å²) in [5.41, 5.74) is 5.36. The Balaban J connectivity index is 1.62. The Labute approximate surface area is 181 Å². The normalized spacial score (nSPS) is 11.8. The number of para-hydroxylation sites is 1. The number of hydrogen-bond acceptors (Lipinski definition) is 4. The van der Waals surface area contributed by atoms with E-state index in [4.69, 9.17) is 9.40 Å². The molecule has 0 fully saturated rings. The summed E-state index contributed by atoms with van der Waals surface area (Å²) in [6.07, 6.45) is 0. The fraction of sp³-hybridized carbons (Fsp3) is 0. The Hall–Kier alpha value is -2.83. The van der Waals surface area contributed by atoms with Gasteiger partial charge in [-0.3, -0.25) is 0 Å². The molecule has 3 aromatic heterocycles. The van der Waals surface area contributed by atoms with Gasteiger partial charge in [-0.2, -0.15) is 0 Å². The van der Waals surface area contributed by atoms with Gasteiger partial charge in [0.25, 0.3) is 0 Å². The highest BCUT2D eigenvalue weighted by Crippen LogP contribution is 2.33. The SMILES string of the molecule is Brc1nc(Br)c2ccc3ccc(-c4ccc5oc6ccccc6c5c4)nc3c2n1. The lowest BCUT2D eigenvalue weighted by atomic mass is 10.0. The van der Waals surface area contributed by atoms with E-state index in [-0.39, 0.29) is 0 Å². The molecule has 0 aliphatic rings. The van der Waals surface area contributed by atoms with Crippen LogP contribution >= 0.6 is 31.9 Å². The molecule has 3 aromatic carbocycles. The second-order valence-electron chi connectivity index (χ2n) is 6.82. The molecule has 0 bridgehead atoms. The summed E-state index contributed by atoms with van der Waals surface area (Å²) in [6, 6.07) is 22.5. The van der Waals surface area contributed by atoms with E-state index in [1.54, 1.807) is 0 Å². The number of furan rings is 1. The molecule has 6 heteroatoms. The number of nitrogens with zero attached hydrogens (tertiary/aromatic N) is 3. The summed E-state index contributed by atoms with van der Waals surface area (Å²) < 4.78 is 7.23. The standard InChI is InChI=1S/C23H11Br2N3O/c24-22-15-8-5-12-6-9-17(26-20(12)21(15)27-23(25)28-22)13-7-10-19-16(11-13)14-3-1-2-4-18(14)29-19/h1-11H. The van der Waals surface area contributed by atoms with Gasteiger partial charge >= 0.3 is 0 Å². The van der Waals surface area contributed by atoms with Crippen molar-refractivity contribution in [1.82, 2.24) is 15.0 Å². The van der Waals surface area contributed by atoms with Crippen LogP contribution in [0.15, 0.2) is 80.5 Å². The van der Waals surface area contributed by atoms with Crippen LogP contribution in [0.1, 0.15) is 0 Å². The van der Waals surface area contributed by atoms with Crippen molar-refractivity contribution >= 4 is 75.6 Å². The molecule has 29 heavy (non-hydrogen) atoms. The lowest BCUT2D eigenvalue weighted by molar-refractivity contribution is 0.669. The number of halogens is 2. The van der Waals surface area contributed by atoms with Crippen molar-refractivity contribution in [3.05, 3.63) is 76.1 Å². The van der Waals surface area contributed by atoms with E-state index in [1.165, 1.54) is 0 Å². The van der Waals surface area contributed by atoms with Crippen LogP contribution in [0, 0.1) is 0 Å². The van der Waals surface area contributed by atoms with E-state index in [0.717, 1.165) is 59.6 Å². The smallest absolute Gasteiger partial charge is 0.198 e. The predicted molar refractivity (Wildman–Crippen MR) is 123 cm³/mol. The average Bonchev–Trinajstić information content (AvgIpc) is 3.11. The van der Waals surface area contributed by atoms with Gasteiger partial charge in [-0.1, -0.05) is 30.3 Å². The lowest BCUT2D eigenvalue weighted by Gasteiger charge is -2.07. The van der Waals surface area contributed by atoms with Crippen LogP contribution < -0.4 is 0 Å². The third kappa shape index (κ3) is 2.67. The summed E-state index contributed by atoms with van der Waals surface area (Å²) in [4.78, 5) is 13.9. The van der Waals surface area contributed by atoms with Gasteiger partial charge in [0.1, 0.15) is 21.3 Å². The molecule has 0 saturated carbocycles. The van der Waals surface area contributed by atoms with Crippen LogP contribution in [-0.2, 0) is 0 Å². The predicted octanol–water partition coefficient (Wildman–Crippen LogP) is 7.27. The maximum Gasteiger partial charge on any atom is 0.198 e. The number of benzene rings is 3. The average molecular weight is 505 g/mol. The van der Waals surface area contributed by atoms with E-state index in [0.29, 0.717) is 4.73 Å². The van der Waals surface area contributed by atoms with Crippen LogP contribution in [0.4, 0.5) is 0 Å². The Kier molecular flexibility index (Phi) is 3.73. The molecule has 0 saturated heterocycles. The van der Waals surface area contributed by atoms with Crippen LogP contribution in [0.25, 0.3) is 55.0 Å². The van der Waals surface area contributed by atoms with Crippen molar-refractivity contribution < 1.29 is 4.42 Å². The molecule has 138 valence electrons. The van der Waals surface area contributed by atoms with E-state index in [1.807, 2.05) is 48.5 Å². The van der Waals surface area contributed by atoms with Gasteiger partial charge in [0, 0.05) is 27.1 Å². The zero-order chi connectivity index (χ0) is 19.5. The molecule has 0 spiro atoms. The van der Waals surface area contributed by atoms with E-state index in [2.05, 4.69) is 60.0 Å². The number of hydrogen-bond donors (Lipinski definition) is 0. The van der Waals surface area contributed by atoms with Gasteiger partial charge in [0.15, 0.2) is 4.73 Å². The van der Waals surface area contributed by atoms with Gasteiger partial charge in [-0.25, -0.2) is 15.0 Å². The minimum absolute atomic E-state index is 0.530. The van der Waals surface area contributed by atoms with Gasteiger partial charge in [0.05, 0.1) is 11.2 Å². The fourth-order valence-corrected chi connectivity index (χ4v) is 4.84. The summed E-state index contributed by atoms with van der Waals surface area (Å²) in [7, 11) is 0. The van der Waals surface area contributed by atoms with Crippen molar-refractivity contribution in [2.75, 3.05) is 0 Å². The highest BCUT2D eigenvalue weighted by Gasteiger charge is 2.12. The van der Waals surface area contributed by atoms with Gasteiger partial charge < -0.3 is 4.42 Å². The second kappa shape index (κ2) is 6.34. The van der Waals surface area contributed by atoms with Crippen LogP contribution in [0.3, 0.4) is 0 Å². The zero-order valence-corrected chi connectivity index (χ0v) is 18.0. The number of aromatic nitrogens is 3. The molecule has 0 aliphatic carbocycles. The second-order valence-corrected chi connectivity index (χ2v) is 8.28. The molecular weight excluding hydrogens is 494 g/mol.